The number of benzene rings is 2. The molecule has 0 unspecified atom stereocenters. The molecule has 0 atom stereocenters. The average Bonchev–Trinajstić information content (AvgIpc) is 2.82. The van der Waals surface area contributed by atoms with Crippen molar-refractivity contribution in [1.82, 2.24) is 4.90 Å². The number of nitrogens with zero attached hydrogens (tertiary/aromatic N) is 1. The molecule has 24 heavy (non-hydrogen) atoms. The van der Waals surface area contributed by atoms with Crippen LogP contribution in [0.4, 0.5) is 14.9 Å². The number of aryl methyl sites for hydroxylation is 1. The largest absolute Gasteiger partial charge is 0.367 e. The molecule has 0 saturated carbocycles. The fraction of sp³-hybridized carbons (Fsp3) is 0.111. The summed E-state index contributed by atoms with van der Waals surface area (Å²) >= 11 is 0.884. The Morgan fingerprint density at radius 2 is 1.92 bits per heavy atom. The Hall–Kier alpha value is -2.60. The van der Waals surface area contributed by atoms with Crippen molar-refractivity contribution in [3.05, 3.63) is 70.4 Å². The first-order valence-corrected chi connectivity index (χ1v) is 8.16. The highest BCUT2D eigenvalue weighted by Crippen LogP contribution is 2.32. The van der Waals surface area contributed by atoms with Crippen LogP contribution in [0.15, 0.2) is 53.4 Å². The quantitative estimate of drug-likeness (QED) is 0.845. The fourth-order valence-corrected chi connectivity index (χ4v) is 3.11. The number of rotatable bonds is 4. The zero-order chi connectivity index (χ0) is 17.1. The number of imide groups is 1. The molecule has 1 heterocycles. The van der Waals surface area contributed by atoms with E-state index < -0.39 is 0 Å². The number of carbonyl (C=O) groups is 2. The molecule has 2 aromatic rings. The van der Waals surface area contributed by atoms with Gasteiger partial charge in [-0.05, 0) is 60.2 Å². The summed E-state index contributed by atoms with van der Waals surface area (Å²) in [5, 5.41) is 2.75. The summed E-state index contributed by atoms with van der Waals surface area (Å²) in [6, 6.07) is 13.4. The van der Waals surface area contributed by atoms with E-state index in [1.165, 1.54) is 12.1 Å². The molecule has 0 spiro atoms. The van der Waals surface area contributed by atoms with Crippen LogP contribution in [0.1, 0.15) is 11.1 Å². The monoisotopic (exact) mass is 342 g/mol. The Balaban J connectivity index is 1.71. The van der Waals surface area contributed by atoms with Gasteiger partial charge >= 0.3 is 0 Å². The summed E-state index contributed by atoms with van der Waals surface area (Å²) in [5.74, 6) is -0.697. The third-order valence-electron chi connectivity index (χ3n) is 3.50. The number of nitrogens with one attached hydrogen (secondary N) is 1. The lowest BCUT2D eigenvalue weighted by molar-refractivity contribution is -0.122. The van der Waals surface area contributed by atoms with Gasteiger partial charge < -0.3 is 5.32 Å². The number of hydrogen-bond acceptors (Lipinski definition) is 4. The lowest BCUT2D eigenvalue weighted by atomic mass is 10.2. The summed E-state index contributed by atoms with van der Waals surface area (Å²) in [5.41, 5.74) is 2.61. The molecular weight excluding hydrogens is 327 g/mol. The normalized spacial score (nSPS) is 16.1. The minimum absolute atomic E-state index is 0.106. The molecule has 6 heteroatoms. The first-order valence-electron chi connectivity index (χ1n) is 7.34. The van der Waals surface area contributed by atoms with Gasteiger partial charge in [0.2, 0.25) is 0 Å². The Morgan fingerprint density at radius 3 is 2.62 bits per heavy atom. The molecule has 0 aliphatic carbocycles. The predicted molar refractivity (Wildman–Crippen MR) is 93.9 cm³/mol. The maximum Gasteiger partial charge on any atom is 0.295 e. The molecule has 1 saturated heterocycles. The second kappa shape index (κ2) is 6.88. The third kappa shape index (κ3) is 3.65. The smallest absolute Gasteiger partial charge is 0.295 e. The summed E-state index contributed by atoms with van der Waals surface area (Å²) in [7, 11) is 0. The Morgan fingerprint density at radius 1 is 1.17 bits per heavy atom. The van der Waals surface area contributed by atoms with Gasteiger partial charge in [-0.3, -0.25) is 14.5 Å². The number of halogens is 1. The van der Waals surface area contributed by atoms with E-state index >= 15 is 0 Å². The molecular formula is C18H15FN2O2S. The minimum atomic E-state index is -0.352. The van der Waals surface area contributed by atoms with Crippen LogP contribution in [0.5, 0.6) is 0 Å². The van der Waals surface area contributed by atoms with E-state index in [1.54, 1.807) is 18.2 Å². The Kier molecular flexibility index (Phi) is 4.66. The molecule has 0 bridgehead atoms. The van der Waals surface area contributed by atoms with Crippen LogP contribution < -0.4 is 5.32 Å². The van der Waals surface area contributed by atoms with Crippen molar-refractivity contribution in [2.45, 2.75) is 6.92 Å². The van der Waals surface area contributed by atoms with Gasteiger partial charge in [-0.2, -0.15) is 0 Å². The molecule has 1 aliphatic rings. The highest BCUT2D eigenvalue weighted by atomic mass is 32.2. The van der Waals surface area contributed by atoms with Gasteiger partial charge in [0.15, 0.2) is 0 Å². The first-order chi connectivity index (χ1) is 11.5. The molecule has 2 aromatic carbocycles. The van der Waals surface area contributed by atoms with E-state index in [4.69, 9.17) is 0 Å². The van der Waals surface area contributed by atoms with Crippen LogP contribution in [0.25, 0.3) is 6.08 Å². The topological polar surface area (TPSA) is 49.4 Å². The van der Waals surface area contributed by atoms with Gasteiger partial charge in [0.1, 0.15) is 5.82 Å². The van der Waals surface area contributed by atoms with Gasteiger partial charge in [0.25, 0.3) is 11.1 Å². The summed E-state index contributed by atoms with van der Waals surface area (Å²) in [6.45, 7) is 2.08. The molecule has 1 fully saturated rings. The van der Waals surface area contributed by atoms with Gasteiger partial charge in [-0.15, -0.1) is 0 Å². The maximum absolute atomic E-state index is 12.9. The molecule has 2 amide bonds. The fourth-order valence-electron chi connectivity index (χ4n) is 2.27. The summed E-state index contributed by atoms with van der Waals surface area (Å²) < 4.78 is 12.9. The van der Waals surface area contributed by atoms with Crippen LogP contribution in [-0.4, -0.2) is 22.7 Å². The third-order valence-corrected chi connectivity index (χ3v) is 4.41. The van der Waals surface area contributed by atoms with Crippen molar-refractivity contribution >= 4 is 34.7 Å². The first kappa shape index (κ1) is 16.3. The van der Waals surface area contributed by atoms with E-state index in [-0.39, 0.29) is 23.6 Å². The van der Waals surface area contributed by atoms with Crippen LogP contribution in [0.3, 0.4) is 0 Å². The number of thioether (sulfide) groups is 1. The van der Waals surface area contributed by atoms with Gasteiger partial charge in [0.05, 0.1) is 11.6 Å². The summed E-state index contributed by atoms with van der Waals surface area (Å²) in [6.07, 6.45) is 1.59. The van der Waals surface area contributed by atoms with Crippen molar-refractivity contribution in [3.8, 4) is 0 Å². The lowest BCUT2D eigenvalue weighted by Gasteiger charge is -2.14. The van der Waals surface area contributed by atoms with E-state index in [0.29, 0.717) is 10.5 Å². The highest BCUT2D eigenvalue weighted by molar-refractivity contribution is 8.18. The molecule has 3 rings (SSSR count). The van der Waals surface area contributed by atoms with E-state index in [9.17, 15) is 14.0 Å². The van der Waals surface area contributed by atoms with Crippen LogP contribution in [0, 0.1) is 12.7 Å². The predicted octanol–water partition coefficient (Wildman–Crippen LogP) is 4.24. The van der Waals surface area contributed by atoms with Gasteiger partial charge in [0, 0.05) is 5.69 Å². The van der Waals surface area contributed by atoms with Crippen LogP contribution >= 0.6 is 11.8 Å². The number of carbonyl (C=O) groups excluding carboxylic acids is 2. The van der Waals surface area contributed by atoms with Crippen molar-refractivity contribution in [1.29, 1.82) is 0 Å². The van der Waals surface area contributed by atoms with Crippen molar-refractivity contribution in [2.75, 3.05) is 12.0 Å². The Labute approximate surface area is 143 Å². The second-order valence-corrected chi connectivity index (χ2v) is 6.36. The average molecular weight is 342 g/mol. The number of hydrogen-bond donors (Lipinski definition) is 1. The second-order valence-electron chi connectivity index (χ2n) is 5.37. The van der Waals surface area contributed by atoms with Crippen molar-refractivity contribution in [2.24, 2.45) is 0 Å². The van der Waals surface area contributed by atoms with Crippen molar-refractivity contribution < 1.29 is 14.0 Å². The molecule has 4 nitrogen and oxygen atoms in total. The van der Waals surface area contributed by atoms with E-state index in [1.807, 2.05) is 31.2 Å². The number of amides is 2. The van der Waals surface area contributed by atoms with Crippen LogP contribution in [0.2, 0.25) is 0 Å². The molecule has 1 aliphatic heterocycles. The van der Waals surface area contributed by atoms with Crippen molar-refractivity contribution in [3.63, 3.8) is 0 Å². The zero-order valence-corrected chi connectivity index (χ0v) is 13.8. The molecule has 0 aromatic heterocycles. The number of anilines is 1. The maximum atomic E-state index is 12.9. The lowest BCUT2D eigenvalue weighted by Crippen LogP contribution is -2.33. The molecule has 122 valence electrons. The molecule has 1 N–H and O–H groups in total. The van der Waals surface area contributed by atoms with Gasteiger partial charge in [-0.1, -0.05) is 24.3 Å². The van der Waals surface area contributed by atoms with E-state index in [2.05, 4.69) is 5.32 Å². The standard InChI is InChI=1S/C18H15FN2O2S/c1-12-3-2-4-15(9-12)20-11-21-17(22)16(24-18(21)23)10-13-5-7-14(19)8-6-13/h2-10,20H,11H2,1H3/b16-10+. The molecule has 0 radical (unpaired) electrons. The minimum Gasteiger partial charge on any atom is -0.367 e. The van der Waals surface area contributed by atoms with Crippen LogP contribution in [-0.2, 0) is 4.79 Å². The Bertz CT molecular complexity index is 818. The zero-order valence-electron chi connectivity index (χ0n) is 13.0. The summed E-state index contributed by atoms with van der Waals surface area (Å²) in [4.78, 5) is 25.9. The SMILES string of the molecule is Cc1cccc(NCN2C(=O)S/C(=C/c3ccc(F)cc3)C2=O)c1. The van der Waals surface area contributed by atoms with Gasteiger partial charge in [-0.25, -0.2) is 4.39 Å². The van der Waals surface area contributed by atoms with E-state index in [0.717, 1.165) is 27.9 Å². The highest BCUT2D eigenvalue weighted by Gasteiger charge is 2.34.